The average molecular weight is 289 g/mol. The fraction of sp³-hybridized carbons (Fsp3) is 0.556. The number of aliphatic hydroxyl groups excluding tert-OH is 1. The minimum absolute atomic E-state index is 0.0339. The molecule has 0 saturated carbocycles. The van der Waals surface area contributed by atoms with Crippen molar-refractivity contribution in [1.29, 1.82) is 0 Å². The highest BCUT2D eigenvalue weighted by molar-refractivity contribution is 5.27. The summed E-state index contributed by atoms with van der Waals surface area (Å²) in [6.45, 7) is 11.6. The van der Waals surface area contributed by atoms with Crippen molar-refractivity contribution < 1.29 is 9.84 Å². The van der Waals surface area contributed by atoms with Crippen LogP contribution in [0.2, 0.25) is 0 Å². The van der Waals surface area contributed by atoms with Crippen LogP contribution in [0.25, 0.3) is 0 Å². The summed E-state index contributed by atoms with van der Waals surface area (Å²) in [6.07, 6.45) is 3.91. The highest BCUT2D eigenvalue weighted by Crippen LogP contribution is 2.34. The average Bonchev–Trinajstić information content (AvgIpc) is 2.60. The van der Waals surface area contributed by atoms with Gasteiger partial charge in [0, 0.05) is 17.6 Å². The van der Waals surface area contributed by atoms with E-state index in [2.05, 4.69) is 44.7 Å². The lowest BCUT2D eigenvalue weighted by atomic mass is 10.0. The molecule has 1 N–H and O–H groups in total. The molecule has 1 unspecified atom stereocenters. The summed E-state index contributed by atoms with van der Waals surface area (Å²) in [5.74, 6) is 0.812. The Kier molecular flexibility index (Phi) is 4.45. The van der Waals surface area contributed by atoms with E-state index in [1.165, 1.54) is 0 Å². The van der Waals surface area contributed by atoms with Gasteiger partial charge in [0.2, 0.25) is 0 Å². The smallest absolute Gasteiger partial charge is 0.119 e. The molecule has 0 aliphatic carbocycles. The van der Waals surface area contributed by atoms with Gasteiger partial charge in [0.15, 0.2) is 0 Å². The van der Waals surface area contributed by atoms with Crippen LogP contribution in [0.15, 0.2) is 36.4 Å². The Morgan fingerprint density at radius 3 is 2.33 bits per heavy atom. The second-order valence-electron chi connectivity index (χ2n) is 7.03. The molecule has 0 radical (unpaired) electrons. The lowest BCUT2D eigenvalue weighted by Crippen LogP contribution is -2.53. The van der Waals surface area contributed by atoms with Gasteiger partial charge in [0.05, 0.1) is 0 Å². The highest BCUT2D eigenvalue weighted by Gasteiger charge is 2.40. The van der Waals surface area contributed by atoms with Crippen LogP contribution in [0.4, 0.5) is 0 Å². The fourth-order valence-corrected chi connectivity index (χ4v) is 2.96. The van der Waals surface area contributed by atoms with Gasteiger partial charge in [0.25, 0.3) is 0 Å². The maximum atomic E-state index is 10.3. The number of β-amino-alcohol motifs (C(OH)–C–C–N with tert-alkyl or cyclic N) is 1. The Balaban J connectivity index is 1.91. The van der Waals surface area contributed by atoms with E-state index >= 15 is 0 Å². The molecule has 1 heterocycles. The lowest BCUT2D eigenvalue weighted by molar-refractivity contribution is 0.0138. The lowest BCUT2D eigenvalue weighted by Gasteiger charge is -2.41. The van der Waals surface area contributed by atoms with E-state index in [1.54, 1.807) is 0 Å². The van der Waals surface area contributed by atoms with E-state index in [9.17, 15) is 5.11 Å². The maximum Gasteiger partial charge on any atom is 0.119 e. The second kappa shape index (κ2) is 5.82. The molecule has 0 saturated heterocycles. The molecule has 1 aliphatic rings. The number of benzene rings is 1. The number of rotatable bonds is 5. The van der Waals surface area contributed by atoms with E-state index in [0.717, 1.165) is 11.3 Å². The van der Waals surface area contributed by atoms with E-state index in [1.807, 2.05) is 31.2 Å². The zero-order valence-corrected chi connectivity index (χ0v) is 13.8. The Hall–Kier alpha value is -1.32. The largest absolute Gasteiger partial charge is 0.491 e. The molecule has 0 aromatic heterocycles. The number of nitrogens with zero attached hydrogens (tertiary/aromatic N) is 1. The predicted octanol–water partition coefficient (Wildman–Crippen LogP) is 3.16. The van der Waals surface area contributed by atoms with Crippen LogP contribution in [0, 0.1) is 6.92 Å². The van der Waals surface area contributed by atoms with Crippen LogP contribution >= 0.6 is 0 Å². The first-order valence-electron chi connectivity index (χ1n) is 7.56. The molecule has 0 spiro atoms. The summed E-state index contributed by atoms with van der Waals surface area (Å²) in [4.78, 5) is 2.31. The van der Waals surface area contributed by atoms with Gasteiger partial charge >= 0.3 is 0 Å². The van der Waals surface area contributed by atoms with Gasteiger partial charge < -0.3 is 9.84 Å². The van der Waals surface area contributed by atoms with Crippen molar-refractivity contribution in [3.63, 3.8) is 0 Å². The third-order valence-electron chi connectivity index (χ3n) is 4.12. The van der Waals surface area contributed by atoms with Crippen molar-refractivity contribution in [3.8, 4) is 5.75 Å². The summed E-state index contributed by atoms with van der Waals surface area (Å²) in [5, 5.41) is 10.3. The molecule has 3 heteroatoms. The first-order chi connectivity index (χ1) is 9.71. The van der Waals surface area contributed by atoms with Gasteiger partial charge in [-0.25, -0.2) is 0 Å². The van der Waals surface area contributed by atoms with Crippen molar-refractivity contribution in [2.24, 2.45) is 0 Å². The Bertz CT molecular complexity index is 502. The summed E-state index contributed by atoms with van der Waals surface area (Å²) in [6, 6.07) is 7.90. The van der Waals surface area contributed by atoms with E-state index in [4.69, 9.17) is 4.74 Å². The second-order valence-corrected chi connectivity index (χ2v) is 7.03. The Labute approximate surface area is 128 Å². The molecular weight excluding hydrogens is 262 g/mol. The molecule has 0 fully saturated rings. The third-order valence-corrected chi connectivity index (χ3v) is 4.12. The molecule has 116 valence electrons. The van der Waals surface area contributed by atoms with Crippen LogP contribution in [-0.2, 0) is 0 Å². The van der Waals surface area contributed by atoms with E-state index in [0.29, 0.717) is 13.2 Å². The summed E-state index contributed by atoms with van der Waals surface area (Å²) >= 11 is 0. The van der Waals surface area contributed by atoms with Crippen molar-refractivity contribution in [1.82, 2.24) is 4.90 Å². The number of aliphatic hydroxyl groups is 1. The quantitative estimate of drug-likeness (QED) is 0.845. The normalized spacial score (nSPS) is 21.4. The number of hydrogen-bond donors (Lipinski definition) is 1. The fourth-order valence-electron chi connectivity index (χ4n) is 2.96. The minimum Gasteiger partial charge on any atom is -0.491 e. The van der Waals surface area contributed by atoms with Gasteiger partial charge in [-0.1, -0.05) is 24.3 Å². The van der Waals surface area contributed by atoms with Crippen LogP contribution in [-0.4, -0.2) is 40.3 Å². The van der Waals surface area contributed by atoms with Crippen LogP contribution in [0.1, 0.15) is 33.3 Å². The number of aryl methyl sites for hydroxylation is 1. The van der Waals surface area contributed by atoms with E-state index < -0.39 is 6.10 Å². The molecular formula is C18H27NO2. The Morgan fingerprint density at radius 2 is 1.76 bits per heavy atom. The van der Waals surface area contributed by atoms with Crippen molar-refractivity contribution >= 4 is 0 Å². The van der Waals surface area contributed by atoms with Gasteiger partial charge in [-0.05, 0) is 52.3 Å². The summed E-state index contributed by atoms with van der Waals surface area (Å²) in [7, 11) is 0. The SMILES string of the molecule is Cc1cccc(OCC(O)CN2C(C)(C)C=CC2(C)C)c1. The maximum absolute atomic E-state index is 10.3. The van der Waals surface area contributed by atoms with Crippen LogP contribution in [0.3, 0.4) is 0 Å². The van der Waals surface area contributed by atoms with Gasteiger partial charge in [-0.2, -0.15) is 0 Å². The van der Waals surface area contributed by atoms with Crippen LogP contribution in [0.5, 0.6) is 5.75 Å². The zero-order chi connectivity index (χ0) is 15.7. The molecule has 2 rings (SSSR count). The molecule has 1 atom stereocenters. The first-order valence-corrected chi connectivity index (χ1v) is 7.56. The zero-order valence-electron chi connectivity index (χ0n) is 13.8. The van der Waals surface area contributed by atoms with Crippen molar-refractivity contribution in [2.45, 2.75) is 51.8 Å². The molecule has 0 bridgehead atoms. The first kappa shape index (κ1) is 16.1. The van der Waals surface area contributed by atoms with Crippen LogP contribution < -0.4 is 4.74 Å². The Morgan fingerprint density at radius 1 is 1.14 bits per heavy atom. The number of ether oxygens (including phenoxy) is 1. The van der Waals surface area contributed by atoms with E-state index in [-0.39, 0.29) is 11.1 Å². The molecule has 3 nitrogen and oxygen atoms in total. The molecule has 21 heavy (non-hydrogen) atoms. The van der Waals surface area contributed by atoms with Crippen molar-refractivity contribution in [3.05, 3.63) is 42.0 Å². The van der Waals surface area contributed by atoms with Crippen molar-refractivity contribution in [2.75, 3.05) is 13.2 Å². The topological polar surface area (TPSA) is 32.7 Å². The third kappa shape index (κ3) is 3.86. The van der Waals surface area contributed by atoms with Gasteiger partial charge in [-0.3, -0.25) is 4.90 Å². The standard InChI is InChI=1S/C18H27NO2/c1-14-7-6-8-16(11-14)21-13-15(20)12-19-17(2,3)9-10-18(19,4)5/h6-11,15,20H,12-13H2,1-5H3. The minimum atomic E-state index is -0.510. The molecule has 0 amide bonds. The predicted molar refractivity (Wildman–Crippen MR) is 86.7 cm³/mol. The molecule has 1 aromatic carbocycles. The van der Waals surface area contributed by atoms with Gasteiger partial charge in [-0.15, -0.1) is 0 Å². The number of hydrogen-bond acceptors (Lipinski definition) is 3. The molecule has 1 aliphatic heterocycles. The highest BCUT2D eigenvalue weighted by atomic mass is 16.5. The summed E-state index contributed by atoms with van der Waals surface area (Å²) in [5.41, 5.74) is 1.09. The monoisotopic (exact) mass is 289 g/mol. The van der Waals surface area contributed by atoms with Gasteiger partial charge in [0.1, 0.15) is 18.5 Å². The summed E-state index contributed by atoms with van der Waals surface area (Å²) < 4.78 is 5.70. The molecule has 1 aromatic rings.